The number of unbranched alkanes of at least 4 members (excludes halogenated alkanes) is 2. The molecule has 0 amide bonds. The van der Waals surface area contributed by atoms with Crippen molar-refractivity contribution in [3.05, 3.63) is 0 Å². The third-order valence-corrected chi connectivity index (χ3v) is 2.77. The molecule has 0 aromatic rings. The van der Waals surface area contributed by atoms with Crippen LogP contribution in [0.4, 0.5) is 0 Å². The molecule has 3 heteroatoms. The second-order valence-corrected chi connectivity index (χ2v) is 4.66. The van der Waals surface area contributed by atoms with Crippen LogP contribution < -0.4 is 16.0 Å². The molecule has 0 heterocycles. The summed E-state index contributed by atoms with van der Waals surface area (Å²) in [4.78, 5) is 0. The maximum Gasteiger partial charge on any atom is -0.00484 e. The Balaban J connectivity index is 2.85. The predicted octanol–water partition coefficient (Wildman–Crippen LogP) is 2.14. The Kier molecular flexibility index (Phi) is 15.8. The zero-order chi connectivity index (χ0) is 12.6. The molecule has 0 unspecified atom stereocenters. The molecule has 0 rings (SSSR count). The SMILES string of the molecule is CCCNCCCCNCCCCNCCC. The van der Waals surface area contributed by atoms with Crippen LogP contribution in [-0.2, 0) is 0 Å². The van der Waals surface area contributed by atoms with Gasteiger partial charge in [0.15, 0.2) is 0 Å². The molecule has 0 radical (unpaired) electrons. The van der Waals surface area contributed by atoms with Gasteiger partial charge in [0.2, 0.25) is 0 Å². The van der Waals surface area contributed by atoms with Crippen LogP contribution in [0.5, 0.6) is 0 Å². The van der Waals surface area contributed by atoms with Crippen molar-refractivity contribution in [2.45, 2.75) is 52.4 Å². The van der Waals surface area contributed by atoms with Crippen LogP contribution >= 0.6 is 0 Å². The van der Waals surface area contributed by atoms with Crippen LogP contribution in [-0.4, -0.2) is 39.3 Å². The van der Waals surface area contributed by atoms with Gasteiger partial charge < -0.3 is 16.0 Å². The zero-order valence-corrected chi connectivity index (χ0v) is 12.0. The summed E-state index contributed by atoms with van der Waals surface area (Å²) in [5.41, 5.74) is 0. The lowest BCUT2D eigenvalue weighted by Gasteiger charge is -2.06. The fourth-order valence-electron chi connectivity index (χ4n) is 1.73. The highest BCUT2D eigenvalue weighted by atomic mass is 14.9. The minimum Gasteiger partial charge on any atom is -0.317 e. The molecule has 0 aliphatic carbocycles. The van der Waals surface area contributed by atoms with E-state index in [1.54, 1.807) is 0 Å². The van der Waals surface area contributed by atoms with Crippen molar-refractivity contribution in [1.82, 2.24) is 16.0 Å². The Morgan fingerprint density at radius 2 is 0.765 bits per heavy atom. The molecule has 0 aromatic heterocycles. The van der Waals surface area contributed by atoms with Crippen LogP contribution in [0, 0.1) is 0 Å². The van der Waals surface area contributed by atoms with E-state index in [1.807, 2.05) is 0 Å². The topological polar surface area (TPSA) is 36.1 Å². The Morgan fingerprint density at radius 3 is 1.06 bits per heavy atom. The average Bonchev–Trinajstić information content (AvgIpc) is 2.35. The van der Waals surface area contributed by atoms with Crippen molar-refractivity contribution in [2.24, 2.45) is 0 Å². The molecule has 0 saturated carbocycles. The standard InChI is InChI=1S/C14H33N3/c1-3-9-15-11-5-7-13-17-14-8-6-12-16-10-4-2/h15-17H,3-14H2,1-2H3. The first-order valence-electron chi connectivity index (χ1n) is 7.54. The molecule has 0 aromatic carbocycles. The summed E-state index contributed by atoms with van der Waals surface area (Å²) in [5, 5.41) is 10.4. The highest BCUT2D eigenvalue weighted by Crippen LogP contribution is 1.88. The van der Waals surface area contributed by atoms with Gasteiger partial charge in [-0.3, -0.25) is 0 Å². The fourth-order valence-corrected chi connectivity index (χ4v) is 1.73. The first-order chi connectivity index (χ1) is 8.41. The van der Waals surface area contributed by atoms with E-state index in [0.29, 0.717) is 0 Å². The molecule has 0 saturated heterocycles. The van der Waals surface area contributed by atoms with Gasteiger partial charge in [0, 0.05) is 0 Å². The Morgan fingerprint density at radius 1 is 0.471 bits per heavy atom. The summed E-state index contributed by atoms with van der Waals surface area (Å²) < 4.78 is 0. The van der Waals surface area contributed by atoms with Gasteiger partial charge in [0.25, 0.3) is 0 Å². The molecule has 3 nitrogen and oxygen atoms in total. The summed E-state index contributed by atoms with van der Waals surface area (Å²) >= 11 is 0. The molecule has 0 bridgehead atoms. The maximum atomic E-state index is 3.51. The lowest BCUT2D eigenvalue weighted by atomic mass is 10.2. The second-order valence-electron chi connectivity index (χ2n) is 4.66. The van der Waals surface area contributed by atoms with Crippen LogP contribution in [0.25, 0.3) is 0 Å². The minimum atomic E-state index is 1.16. The summed E-state index contributed by atoms with van der Waals surface area (Å²) in [5.74, 6) is 0. The van der Waals surface area contributed by atoms with Gasteiger partial charge in [-0.25, -0.2) is 0 Å². The molecular weight excluding hydrogens is 210 g/mol. The number of hydrogen-bond donors (Lipinski definition) is 3. The van der Waals surface area contributed by atoms with E-state index in [1.165, 1.54) is 64.7 Å². The van der Waals surface area contributed by atoms with Crippen LogP contribution in [0.1, 0.15) is 52.4 Å². The molecule has 0 fully saturated rings. The third-order valence-electron chi connectivity index (χ3n) is 2.77. The third kappa shape index (κ3) is 15.9. The average molecular weight is 243 g/mol. The largest absolute Gasteiger partial charge is 0.317 e. The van der Waals surface area contributed by atoms with Crippen LogP contribution in [0.2, 0.25) is 0 Å². The zero-order valence-electron chi connectivity index (χ0n) is 12.0. The lowest BCUT2D eigenvalue weighted by molar-refractivity contribution is 0.552. The van der Waals surface area contributed by atoms with E-state index in [9.17, 15) is 0 Å². The number of rotatable bonds is 14. The quantitative estimate of drug-likeness (QED) is 0.409. The molecular formula is C14H33N3. The summed E-state index contributed by atoms with van der Waals surface area (Å²) in [6, 6.07) is 0. The Hall–Kier alpha value is -0.120. The van der Waals surface area contributed by atoms with E-state index >= 15 is 0 Å². The van der Waals surface area contributed by atoms with Crippen LogP contribution in [0.3, 0.4) is 0 Å². The Labute approximate surface area is 108 Å². The molecule has 0 aliphatic rings. The first-order valence-corrected chi connectivity index (χ1v) is 7.54. The predicted molar refractivity (Wildman–Crippen MR) is 77.7 cm³/mol. The van der Waals surface area contributed by atoms with Crippen molar-refractivity contribution in [3.63, 3.8) is 0 Å². The summed E-state index contributed by atoms with van der Waals surface area (Å²) in [6.45, 7) is 11.5. The van der Waals surface area contributed by atoms with E-state index < -0.39 is 0 Å². The summed E-state index contributed by atoms with van der Waals surface area (Å²) in [6.07, 6.45) is 7.67. The van der Waals surface area contributed by atoms with Crippen LogP contribution in [0.15, 0.2) is 0 Å². The number of nitrogens with one attached hydrogen (secondary N) is 3. The van der Waals surface area contributed by atoms with Gasteiger partial charge in [0.1, 0.15) is 0 Å². The summed E-state index contributed by atoms with van der Waals surface area (Å²) in [7, 11) is 0. The second kappa shape index (κ2) is 15.9. The Bertz CT molecular complexity index is 115. The van der Waals surface area contributed by atoms with Gasteiger partial charge >= 0.3 is 0 Å². The van der Waals surface area contributed by atoms with Crippen molar-refractivity contribution in [2.75, 3.05) is 39.3 Å². The maximum absolute atomic E-state index is 3.51. The first kappa shape index (κ1) is 16.9. The molecule has 0 atom stereocenters. The molecule has 17 heavy (non-hydrogen) atoms. The van der Waals surface area contributed by atoms with Gasteiger partial charge in [0.05, 0.1) is 0 Å². The molecule has 3 N–H and O–H groups in total. The molecule has 0 spiro atoms. The van der Waals surface area contributed by atoms with E-state index in [2.05, 4.69) is 29.8 Å². The normalized spacial score (nSPS) is 10.9. The molecule has 0 aliphatic heterocycles. The number of hydrogen-bond acceptors (Lipinski definition) is 3. The van der Waals surface area contributed by atoms with Gasteiger partial charge in [-0.05, 0) is 77.8 Å². The van der Waals surface area contributed by atoms with E-state index in [0.717, 1.165) is 13.1 Å². The van der Waals surface area contributed by atoms with Crippen molar-refractivity contribution >= 4 is 0 Å². The smallest absolute Gasteiger partial charge is 0.00484 e. The van der Waals surface area contributed by atoms with Gasteiger partial charge in [-0.15, -0.1) is 0 Å². The fraction of sp³-hybridized carbons (Fsp3) is 1.00. The highest BCUT2D eigenvalue weighted by Gasteiger charge is 1.91. The lowest BCUT2D eigenvalue weighted by Crippen LogP contribution is -2.21. The van der Waals surface area contributed by atoms with E-state index in [-0.39, 0.29) is 0 Å². The highest BCUT2D eigenvalue weighted by molar-refractivity contribution is 4.53. The van der Waals surface area contributed by atoms with Crippen molar-refractivity contribution in [3.8, 4) is 0 Å². The van der Waals surface area contributed by atoms with Gasteiger partial charge in [-0.2, -0.15) is 0 Å². The molecule has 104 valence electrons. The monoisotopic (exact) mass is 243 g/mol. The van der Waals surface area contributed by atoms with Gasteiger partial charge in [-0.1, -0.05) is 13.8 Å². The minimum absolute atomic E-state index is 1.16. The van der Waals surface area contributed by atoms with Crippen molar-refractivity contribution in [1.29, 1.82) is 0 Å². The van der Waals surface area contributed by atoms with Crippen molar-refractivity contribution < 1.29 is 0 Å². The van der Waals surface area contributed by atoms with E-state index in [4.69, 9.17) is 0 Å².